The molecule has 0 atom stereocenters. The average molecular weight is 311 g/mol. The van der Waals surface area contributed by atoms with Crippen LogP contribution in [0.15, 0.2) is 24.5 Å². The molecule has 0 spiro atoms. The summed E-state index contributed by atoms with van der Waals surface area (Å²) in [6.07, 6.45) is 3.67. The number of carbonyl (C=O) groups excluding carboxylic acids is 1. The Morgan fingerprint density at radius 3 is 2.61 bits per heavy atom. The Kier molecular flexibility index (Phi) is 4.14. The Labute approximate surface area is 134 Å². The SMILES string of the molecule is CCCN(CCC)c1ncnc2[nH]c3ccc(C(N)=O)cc3c12. The average Bonchev–Trinajstić information content (AvgIpc) is 2.92. The van der Waals surface area contributed by atoms with Gasteiger partial charge in [-0.25, -0.2) is 9.97 Å². The summed E-state index contributed by atoms with van der Waals surface area (Å²) in [7, 11) is 0. The first kappa shape index (κ1) is 15.3. The first-order valence-corrected chi connectivity index (χ1v) is 7.96. The van der Waals surface area contributed by atoms with E-state index in [1.54, 1.807) is 12.4 Å². The van der Waals surface area contributed by atoms with Crippen LogP contribution in [0.2, 0.25) is 0 Å². The van der Waals surface area contributed by atoms with Crippen LogP contribution in [-0.4, -0.2) is 33.9 Å². The van der Waals surface area contributed by atoms with Gasteiger partial charge in [0.15, 0.2) is 0 Å². The minimum Gasteiger partial charge on any atom is -0.366 e. The largest absolute Gasteiger partial charge is 0.366 e. The first-order valence-electron chi connectivity index (χ1n) is 7.96. The summed E-state index contributed by atoms with van der Waals surface area (Å²) in [5.41, 5.74) is 7.62. The molecule has 0 bridgehead atoms. The van der Waals surface area contributed by atoms with E-state index in [2.05, 4.69) is 33.7 Å². The smallest absolute Gasteiger partial charge is 0.248 e. The number of aromatic nitrogens is 3. The van der Waals surface area contributed by atoms with Crippen molar-refractivity contribution in [3.05, 3.63) is 30.1 Å². The quantitative estimate of drug-likeness (QED) is 0.732. The number of benzene rings is 1. The number of hydrogen-bond acceptors (Lipinski definition) is 4. The minimum atomic E-state index is -0.432. The van der Waals surface area contributed by atoms with Crippen molar-refractivity contribution in [2.75, 3.05) is 18.0 Å². The molecule has 3 aromatic rings. The lowest BCUT2D eigenvalue weighted by Gasteiger charge is -2.23. The Bertz CT molecular complexity index is 849. The number of nitrogens with zero attached hydrogens (tertiary/aromatic N) is 3. The van der Waals surface area contributed by atoms with Gasteiger partial charge in [-0.2, -0.15) is 0 Å². The third-order valence-electron chi connectivity index (χ3n) is 3.94. The monoisotopic (exact) mass is 311 g/mol. The maximum Gasteiger partial charge on any atom is 0.248 e. The van der Waals surface area contributed by atoms with Gasteiger partial charge in [-0.05, 0) is 31.0 Å². The Hall–Kier alpha value is -2.63. The van der Waals surface area contributed by atoms with E-state index < -0.39 is 5.91 Å². The molecule has 120 valence electrons. The zero-order valence-corrected chi connectivity index (χ0v) is 13.5. The second-order valence-electron chi connectivity index (χ2n) is 5.66. The van der Waals surface area contributed by atoms with E-state index in [9.17, 15) is 4.79 Å². The number of anilines is 1. The van der Waals surface area contributed by atoms with Crippen LogP contribution in [0.5, 0.6) is 0 Å². The molecule has 0 aliphatic rings. The number of hydrogen-bond donors (Lipinski definition) is 2. The van der Waals surface area contributed by atoms with Crippen molar-refractivity contribution >= 4 is 33.7 Å². The second-order valence-corrected chi connectivity index (χ2v) is 5.66. The molecule has 0 radical (unpaired) electrons. The summed E-state index contributed by atoms with van der Waals surface area (Å²) in [6, 6.07) is 5.41. The summed E-state index contributed by atoms with van der Waals surface area (Å²) in [5.74, 6) is 0.477. The first-order chi connectivity index (χ1) is 11.2. The number of primary amides is 1. The van der Waals surface area contributed by atoms with E-state index in [1.807, 2.05) is 12.1 Å². The molecule has 1 amide bonds. The van der Waals surface area contributed by atoms with E-state index in [0.29, 0.717) is 5.56 Å². The van der Waals surface area contributed by atoms with Gasteiger partial charge >= 0.3 is 0 Å². The predicted molar refractivity (Wildman–Crippen MR) is 92.7 cm³/mol. The summed E-state index contributed by atoms with van der Waals surface area (Å²) in [5, 5.41) is 1.89. The highest BCUT2D eigenvalue weighted by molar-refractivity contribution is 6.13. The number of rotatable bonds is 6. The van der Waals surface area contributed by atoms with Crippen molar-refractivity contribution in [3.8, 4) is 0 Å². The van der Waals surface area contributed by atoms with E-state index in [-0.39, 0.29) is 0 Å². The standard InChI is InChI=1S/C17H21N5O/c1-3-7-22(8-4-2)17-14-12-9-11(15(18)23)5-6-13(12)21-16(14)19-10-20-17/h5-6,9-10H,3-4,7-8H2,1-2H3,(H2,18,23)(H,19,20,21). The molecule has 23 heavy (non-hydrogen) atoms. The summed E-state index contributed by atoms with van der Waals surface area (Å²) >= 11 is 0. The van der Waals surface area contributed by atoms with Crippen LogP contribution < -0.4 is 10.6 Å². The molecule has 1 aromatic carbocycles. The fraction of sp³-hybridized carbons (Fsp3) is 0.353. The van der Waals surface area contributed by atoms with Crippen LogP contribution in [0.1, 0.15) is 37.0 Å². The van der Waals surface area contributed by atoms with Crippen LogP contribution in [0.25, 0.3) is 21.9 Å². The molecule has 0 aliphatic heterocycles. The topological polar surface area (TPSA) is 87.9 Å². The molecule has 3 N–H and O–H groups in total. The van der Waals surface area contributed by atoms with Crippen molar-refractivity contribution in [3.63, 3.8) is 0 Å². The fourth-order valence-electron chi connectivity index (χ4n) is 2.96. The molecular weight excluding hydrogens is 290 g/mol. The second kappa shape index (κ2) is 6.24. The van der Waals surface area contributed by atoms with Crippen molar-refractivity contribution < 1.29 is 4.79 Å². The molecule has 3 rings (SSSR count). The molecule has 6 heteroatoms. The van der Waals surface area contributed by atoms with Crippen LogP contribution in [0.4, 0.5) is 5.82 Å². The molecule has 0 saturated carbocycles. The number of carbonyl (C=O) groups is 1. The molecule has 2 heterocycles. The van der Waals surface area contributed by atoms with Gasteiger partial charge in [-0.15, -0.1) is 0 Å². The van der Waals surface area contributed by atoms with Gasteiger partial charge in [0.2, 0.25) is 5.91 Å². The highest BCUT2D eigenvalue weighted by Crippen LogP contribution is 2.31. The third kappa shape index (κ3) is 2.72. The molecule has 2 aromatic heterocycles. The van der Waals surface area contributed by atoms with Crippen LogP contribution in [-0.2, 0) is 0 Å². The maximum atomic E-state index is 11.5. The van der Waals surface area contributed by atoms with E-state index in [4.69, 9.17) is 5.73 Å². The minimum absolute atomic E-state index is 0.432. The molecule has 0 unspecified atom stereocenters. The van der Waals surface area contributed by atoms with Gasteiger partial charge in [-0.3, -0.25) is 4.79 Å². The number of nitrogens with two attached hydrogens (primary N) is 1. The number of aromatic amines is 1. The molecule has 0 aliphatic carbocycles. The lowest BCUT2D eigenvalue weighted by molar-refractivity contribution is 0.100. The highest BCUT2D eigenvalue weighted by atomic mass is 16.1. The summed E-state index contributed by atoms with van der Waals surface area (Å²) in [6.45, 7) is 6.17. The third-order valence-corrected chi connectivity index (χ3v) is 3.94. The van der Waals surface area contributed by atoms with Crippen LogP contribution in [0.3, 0.4) is 0 Å². The predicted octanol–water partition coefficient (Wildman–Crippen LogP) is 2.84. The molecule has 6 nitrogen and oxygen atoms in total. The van der Waals surface area contributed by atoms with E-state index >= 15 is 0 Å². The van der Waals surface area contributed by atoms with Crippen molar-refractivity contribution in [2.45, 2.75) is 26.7 Å². The summed E-state index contributed by atoms with van der Waals surface area (Å²) in [4.78, 5) is 25.9. The lowest BCUT2D eigenvalue weighted by Crippen LogP contribution is -2.26. The van der Waals surface area contributed by atoms with Gasteiger partial charge in [0, 0.05) is 29.6 Å². The van der Waals surface area contributed by atoms with Crippen molar-refractivity contribution in [1.29, 1.82) is 0 Å². The van der Waals surface area contributed by atoms with Gasteiger partial charge in [0.1, 0.15) is 17.8 Å². The molecule has 0 saturated heterocycles. The number of H-pyrrole nitrogens is 1. The lowest BCUT2D eigenvalue weighted by atomic mass is 10.1. The zero-order chi connectivity index (χ0) is 16.4. The summed E-state index contributed by atoms with van der Waals surface area (Å²) < 4.78 is 0. The van der Waals surface area contributed by atoms with E-state index in [1.165, 1.54) is 0 Å². The maximum absolute atomic E-state index is 11.5. The highest BCUT2D eigenvalue weighted by Gasteiger charge is 2.16. The van der Waals surface area contributed by atoms with Gasteiger partial charge in [-0.1, -0.05) is 13.8 Å². The zero-order valence-electron chi connectivity index (χ0n) is 13.5. The van der Waals surface area contributed by atoms with Crippen LogP contribution >= 0.6 is 0 Å². The number of nitrogens with one attached hydrogen (secondary N) is 1. The Morgan fingerprint density at radius 2 is 1.96 bits per heavy atom. The Morgan fingerprint density at radius 1 is 1.22 bits per heavy atom. The normalized spacial score (nSPS) is 11.2. The van der Waals surface area contributed by atoms with Gasteiger partial charge in [0.05, 0.1) is 5.39 Å². The van der Waals surface area contributed by atoms with Gasteiger partial charge in [0.25, 0.3) is 0 Å². The van der Waals surface area contributed by atoms with E-state index in [0.717, 1.165) is 53.7 Å². The Balaban J connectivity index is 2.26. The van der Waals surface area contributed by atoms with Crippen molar-refractivity contribution in [1.82, 2.24) is 15.0 Å². The molecular formula is C17H21N5O. The van der Waals surface area contributed by atoms with Crippen molar-refractivity contribution in [2.24, 2.45) is 5.73 Å². The fourth-order valence-corrected chi connectivity index (χ4v) is 2.96. The van der Waals surface area contributed by atoms with Crippen LogP contribution in [0, 0.1) is 0 Å². The number of amides is 1. The molecule has 0 fully saturated rings. The number of fused-ring (bicyclic) bond motifs is 3. The van der Waals surface area contributed by atoms with Gasteiger partial charge < -0.3 is 15.6 Å².